The summed E-state index contributed by atoms with van der Waals surface area (Å²) in [7, 11) is 1.64. The molecule has 0 spiro atoms. The zero-order valence-electron chi connectivity index (χ0n) is 9.48. The Bertz CT molecular complexity index is 235. The van der Waals surface area contributed by atoms with Gasteiger partial charge in [-0.1, -0.05) is 36.2 Å². The van der Waals surface area contributed by atoms with Crippen LogP contribution >= 0.6 is 23.2 Å². The van der Waals surface area contributed by atoms with Crippen molar-refractivity contribution in [3.05, 3.63) is 21.7 Å². The molecule has 0 saturated carbocycles. The first-order chi connectivity index (χ1) is 7.17. The second kappa shape index (κ2) is 9.22. The fourth-order valence-corrected chi connectivity index (χ4v) is 1.35. The molecule has 0 bridgehead atoms. The summed E-state index contributed by atoms with van der Waals surface area (Å²) in [5.41, 5.74) is 0.861. The number of hydrogen-bond donors (Lipinski definition) is 0. The highest BCUT2D eigenvalue weighted by molar-refractivity contribution is 6.35. The Morgan fingerprint density at radius 3 is 2.40 bits per heavy atom. The monoisotopic (exact) mass is 252 g/mol. The highest BCUT2D eigenvalue weighted by Gasteiger charge is 2.07. The van der Waals surface area contributed by atoms with Crippen molar-refractivity contribution in [1.82, 2.24) is 0 Å². The molecule has 0 radical (unpaired) electrons. The molecule has 0 rings (SSSR count). The number of ether oxygens (including phenoxy) is 2. The largest absolute Gasteiger partial charge is 0.382 e. The van der Waals surface area contributed by atoms with Crippen molar-refractivity contribution in [2.75, 3.05) is 26.9 Å². The fourth-order valence-electron chi connectivity index (χ4n) is 0.981. The van der Waals surface area contributed by atoms with Crippen LogP contribution in [0.5, 0.6) is 0 Å². The molecule has 0 atom stereocenters. The number of rotatable bonds is 7. The Morgan fingerprint density at radius 1 is 1.27 bits per heavy atom. The van der Waals surface area contributed by atoms with Crippen molar-refractivity contribution in [3.8, 4) is 0 Å². The van der Waals surface area contributed by atoms with Crippen LogP contribution in [0.1, 0.15) is 20.3 Å². The van der Waals surface area contributed by atoms with Gasteiger partial charge in [-0.2, -0.15) is 0 Å². The quantitative estimate of drug-likeness (QED) is 0.508. The third kappa shape index (κ3) is 6.21. The third-order valence-corrected chi connectivity index (χ3v) is 2.80. The van der Waals surface area contributed by atoms with Gasteiger partial charge in [-0.05, 0) is 13.3 Å². The van der Waals surface area contributed by atoms with Gasteiger partial charge in [0.05, 0.1) is 19.8 Å². The van der Waals surface area contributed by atoms with Crippen molar-refractivity contribution < 1.29 is 9.47 Å². The van der Waals surface area contributed by atoms with Crippen molar-refractivity contribution in [3.63, 3.8) is 0 Å². The van der Waals surface area contributed by atoms with E-state index in [0.717, 1.165) is 17.0 Å². The normalized spacial score (nSPS) is 14.1. The van der Waals surface area contributed by atoms with Gasteiger partial charge >= 0.3 is 0 Å². The fraction of sp³-hybridized carbons (Fsp3) is 0.636. The molecule has 15 heavy (non-hydrogen) atoms. The minimum Gasteiger partial charge on any atom is -0.382 e. The van der Waals surface area contributed by atoms with Gasteiger partial charge in [0.15, 0.2) is 0 Å². The molecule has 0 aromatic carbocycles. The lowest BCUT2D eigenvalue weighted by atomic mass is 10.2. The molecule has 0 aliphatic rings. The summed E-state index contributed by atoms with van der Waals surface area (Å²) < 4.78 is 10.3. The molecule has 0 fully saturated rings. The molecule has 0 unspecified atom stereocenters. The summed E-state index contributed by atoms with van der Waals surface area (Å²) in [6.45, 7) is 5.40. The average Bonchev–Trinajstić information content (AvgIpc) is 2.27. The Labute approximate surface area is 102 Å². The maximum absolute atomic E-state index is 6.06. The molecule has 0 aliphatic heterocycles. The molecule has 4 heteroatoms. The third-order valence-electron chi connectivity index (χ3n) is 1.86. The van der Waals surface area contributed by atoms with Crippen LogP contribution in [0.15, 0.2) is 21.7 Å². The first-order valence-corrected chi connectivity index (χ1v) is 5.69. The lowest BCUT2D eigenvalue weighted by Gasteiger charge is -2.09. The molecule has 88 valence electrons. The number of methoxy groups -OCH3 is 1. The molecule has 2 nitrogen and oxygen atoms in total. The highest BCUT2D eigenvalue weighted by atomic mass is 35.5. The van der Waals surface area contributed by atoms with E-state index in [1.807, 2.05) is 19.9 Å². The minimum atomic E-state index is 0.430. The van der Waals surface area contributed by atoms with Crippen molar-refractivity contribution in [2.45, 2.75) is 20.3 Å². The van der Waals surface area contributed by atoms with Gasteiger partial charge in [-0.15, -0.1) is 0 Å². The lowest BCUT2D eigenvalue weighted by Crippen LogP contribution is -2.06. The van der Waals surface area contributed by atoms with E-state index in [2.05, 4.69) is 0 Å². The summed E-state index contributed by atoms with van der Waals surface area (Å²) >= 11 is 12.1. The standard InChI is InChI=1S/C11H18Cl2O2/c1-4-10(12)9(11(13)5-2)8-15-7-6-14-3/h4H,5-8H2,1-3H3. The van der Waals surface area contributed by atoms with E-state index in [1.54, 1.807) is 7.11 Å². The molecule has 0 aromatic heterocycles. The Kier molecular flexibility index (Phi) is 9.21. The van der Waals surface area contributed by atoms with Crippen LogP contribution in [0, 0.1) is 0 Å². The van der Waals surface area contributed by atoms with E-state index in [0.29, 0.717) is 24.9 Å². The highest BCUT2D eigenvalue weighted by Crippen LogP contribution is 2.23. The van der Waals surface area contributed by atoms with Crippen molar-refractivity contribution in [2.24, 2.45) is 0 Å². The number of allylic oxidation sites excluding steroid dienone is 2. The van der Waals surface area contributed by atoms with Gasteiger partial charge in [0.2, 0.25) is 0 Å². The lowest BCUT2D eigenvalue weighted by molar-refractivity contribution is 0.0829. The molecule has 0 amide bonds. The minimum absolute atomic E-state index is 0.430. The summed E-state index contributed by atoms with van der Waals surface area (Å²) in [5.74, 6) is 0. The van der Waals surface area contributed by atoms with Crippen LogP contribution in [0.3, 0.4) is 0 Å². The van der Waals surface area contributed by atoms with Gasteiger partial charge < -0.3 is 9.47 Å². The molecular formula is C11H18Cl2O2. The van der Waals surface area contributed by atoms with Crippen LogP contribution in [0.2, 0.25) is 0 Å². The van der Waals surface area contributed by atoms with Crippen molar-refractivity contribution >= 4 is 23.2 Å². The summed E-state index contributed by atoms with van der Waals surface area (Å²) in [6.07, 6.45) is 2.57. The van der Waals surface area contributed by atoms with Gasteiger partial charge in [0.25, 0.3) is 0 Å². The zero-order chi connectivity index (χ0) is 11.7. The zero-order valence-corrected chi connectivity index (χ0v) is 11.0. The first-order valence-electron chi connectivity index (χ1n) is 4.93. The van der Waals surface area contributed by atoms with E-state index < -0.39 is 0 Å². The SMILES string of the molecule is CC=C(Cl)C(COCCOC)=C(Cl)CC. The average molecular weight is 253 g/mol. The smallest absolute Gasteiger partial charge is 0.0743 e. The first kappa shape index (κ1) is 15.0. The molecule has 0 saturated heterocycles. The van der Waals surface area contributed by atoms with Gasteiger partial charge in [-0.3, -0.25) is 0 Å². The summed E-state index contributed by atoms with van der Waals surface area (Å²) in [4.78, 5) is 0. The topological polar surface area (TPSA) is 18.5 Å². The van der Waals surface area contributed by atoms with Crippen LogP contribution < -0.4 is 0 Å². The maximum atomic E-state index is 6.06. The number of halogens is 2. The van der Waals surface area contributed by atoms with E-state index >= 15 is 0 Å². The van der Waals surface area contributed by atoms with Gasteiger partial charge in [-0.25, -0.2) is 0 Å². The number of hydrogen-bond acceptors (Lipinski definition) is 2. The van der Waals surface area contributed by atoms with Crippen molar-refractivity contribution in [1.29, 1.82) is 0 Å². The van der Waals surface area contributed by atoms with Gasteiger partial charge in [0.1, 0.15) is 0 Å². The predicted octanol–water partition coefficient (Wildman–Crippen LogP) is 3.69. The van der Waals surface area contributed by atoms with E-state index in [1.165, 1.54) is 0 Å². The second-order valence-corrected chi connectivity index (χ2v) is 3.78. The van der Waals surface area contributed by atoms with Crippen LogP contribution in [-0.4, -0.2) is 26.9 Å². The van der Waals surface area contributed by atoms with E-state index in [9.17, 15) is 0 Å². The Hall–Kier alpha value is -0.0200. The van der Waals surface area contributed by atoms with E-state index in [4.69, 9.17) is 32.7 Å². The Balaban J connectivity index is 4.29. The van der Waals surface area contributed by atoms with Gasteiger partial charge in [0, 0.05) is 22.7 Å². The predicted molar refractivity (Wildman–Crippen MR) is 65.5 cm³/mol. The molecular weight excluding hydrogens is 235 g/mol. The summed E-state index contributed by atoms with van der Waals surface area (Å²) in [6, 6.07) is 0. The van der Waals surface area contributed by atoms with Crippen LogP contribution in [0.4, 0.5) is 0 Å². The molecule has 0 aliphatic carbocycles. The molecule has 0 heterocycles. The van der Waals surface area contributed by atoms with E-state index in [-0.39, 0.29) is 0 Å². The molecule has 0 N–H and O–H groups in total. The molecule has 0 aromatic rings. The second-order valence-electron chi connectivity index (χ2n) is 2.92. The Morgan fingerprint density at radius 2 is 1.93 bits per heavy atom. The van der Waals surface area contributed by atoms with Crippen LogP contribution in [0.25, 0.3) is 0 Å². The maximum Gasteiger partial charge on any atom is 0.0743 e. The van der Waals surface area contributed by atoms with Crippen LogP contribution in [-0.2, 0) is 9.47 Å². The summed E-state index contributed by atoms with van der Waals surface area (Å²) in [5, 5.41) is 1.40.